The van der Waals surface area contributed by atoms with E-state index in [9.17, 15) is 9.59 Å². The lowest BCUT2D eigenvalue weighted by atomic mass is 10.2. The van der Waals surface area contributed by atoms with Gasteiger partial charge in [0.1, 0.15) is 5.82 Å². The number of rotatable bonds is 7. The van der Waals surface area contributed by atoms with Crippen molar-refractivity contribution in [2.24, 2.45) is 5.73 Å². The molecule has 9 heteroatoms. The van der Waals surface area contributed by atoms with Gasteiger partial charge in [0.2, 0.25) is 11.8 Å². The fraction of sp³-hybridized carbons (Fsp3) is 0.278. The molecule has 2 heterocycles. The van der Waals surface area contributed by atoms with E-state index in [-0.39, 0.29) is 24.6 Å². The lowest BCUT2D eigenvalue weighted by molar-refractivity contribution is -0.118. The zero-order valence-corrected chi connectivity index (χ0v) is 15.9. The highest BCUT2D eigenvalue weighted by atomic mass is 32.2. The number of aromatic nitrogens is 4. The van der Waals surface area contributed by atoms with Gasteiger partial charge in [-0.3, -0.25) is 14.0 Å². The normalized spacial score (nSPS) is 10.9. The summed E-state index contributed by atoms with van der Waals surface area (Å²) in [6.45, 7) is 4.01. The summed E-state index contributed by atoms with van der Waals surface area (Å²) in [5.41, 5.74) is 7.54. The van der Waals surface area contributed by atoms with Gasteiger partial charge in [0.05, 0.1) is 5.75 Å². The number of nitrogens with zero attached hydrogens (tertiary/aromatic N) is 5. The van der Waals surface area contributed by atoms with Crippen LogP contribution < -0.4 is 10.6 Å². The molecule has 27 heavy (non-hydrogen) atoms. The van der Waals surface area contributed by atoms with Crippen LogP contribution in [0.1, 0.15) is 17.9 Å². The second-order valence-electron chi connectivity index (χ2n) is 6.01. The number of amides is 2. The molecule has 140 valence electrons. The summed E-state index contributed by atoms with van der Waals surface area (Å²) in [4.78, 5) is 30.0. The Balaban J connectivity index is 1.77. The van der Waals surface area contributed by atoms with Crippen molar-refractivity contribution in [3.8, 4) is 0 Å². The zero-order valence-electron chi connectivity index (χ0n) is 15.1. The van der Waals surface area contributed by atoms with Crippen molar-refractivity contribution in [3.05, 3.63) is 47.9 Å². The SMILES string of the molecule is Cc1cc2nnc(SCC(=O)N(CCC(N)=O)c3ccccc3)n2c(C)n1. The van der Waals surface area contributed by atoms with Crippen molar-refractivity contribution in [2.45, 2.75) is 25.4 Å². The molecule has 0 aliphatic heterocycles. The minimum Gasteiger partial charge on any atom is -0.370 e. The summed E-state index contributed by atoms with van der Waals surface area (Å²) in [5, 5.41) is 8.92. The van der Waals surface area contributed by atoms with E-state index in [2.05, 4.69) is 15.2 Å². The molecule has 2 amide bonds. The summed E-state index contributed by atoms with van der Waals surface area (Å²) in [6, 6.07) is 11.1. The standard InChI is InChI=1S/C18H20N6O2S/c1-12-10-16-21-22-18(24(16)13(2)20-12)27-11-17(26)23(9-8-15(19)25)14-6-4-3-5-7-14/h3-7,10H,8-9,11H2,1-2H3,(H2,19,25). The molecule has 0 atom stereocenters. The Hall–Kier alpha value is -2.94. The van der Waals surface area contributed by atoms with Gasteiger partial charge in [-0.1, -0.05) is 30.0 Å². The third-order valence-corrected chi connectivity index (χ3v) is 4.85. The van der Waals surface area contributed by atoms with Crippen molar-refractivity contribution in [1.82, 2.24) is 19.6 Å². The molecule has 0 aliphatic rings. The fourth-order valence-electron chi connectivity index (χ4n) is 2.73. The first-order chi connectivity index (χ1) is 13.0. The highest BCUT2D eigenvalue weighted by molar-refractivity contribution is 7.99. The number of primary amides is 1. The Morgan fingerprint density at radius 2 is 1.93 bits per heavy atom. The Kier molecular flexibility index (Phi) is 5.70. The van der Waals surface area contributed by atoms with Gasteiger partial charge in [0.15, 0.2) is 10.8 Å². The molecule has 0 unspecified atom stereocenters. The monoisotopic (exact) mass is 384 g/mol. The lowest BCUT2D eigenvalue weighted by Gasteiger charge is -2.22. The average Bonchev–Trinajstić information content (AvgIpc) is 3.04. The second-order valence-corrected chi connectivity index (χ2v) is 6.95. The largest absolute Gasteiger partial charge is 0.370 e. The fourth-order valence-corrected chi connectivity index (χ4v) is 3.59. The number of para-hydroxylation sites is 1. The Morgan fingerprint density at radius 1 is 1.19 bits per heavy atom. The van der Waals surface area contributed by atoms with E-state index in [4.69, 9.17) is 5.73 Å². The molecule has 0 spiro atoms. The van der Waals surface area contributed by atoms with Crippen LogP contribution in [0.15, 0.2) is 41.6 Å². The van der Waals surface area contributed by atoms with Crippen LogP contribution in [0.5, 0.6) is 0 Å². The van der Waals surface area contributed by atoms with Gasteiger partial charge in [0.25, 0.3) is 0 Å². The van der Waals surface area contributed by atoms with Crippen LogP contribution in [0.2, 0.25) is 0 Å². The van der Waals surface area contributed by atoms with Crippen molar-refractivity contribution >= 4 is 34.9 Å². The topological polar surface area (TPSA) is 106 Å². The number of carbonyl (C=O) groups excluding carboxylic acids is 2. The van der Waals surface area contributed by atoms with Gasteiger partial charge in [0, 0.05) is 30.4 Å². The maximum absolute atomic E-state index is 12.8. The number of thioether (sulfide) groups is 1. The van der Waals surface area contributed by atoms with E-state index in [1.54, 1.807) is 4.90 Å². The van der Waals surface area contributed by atoms with Crippen molar-refractivity contribution in [2.75, 3.05) is 17.2 Å². The molecule has 2 aromatic heterocycles. The minimum absolute atomic E-state index is 0.0987. The third kappa shape index (κ3) is 4.43. The molecule has 1 aromatic carbocycles. The summed E-state index contributed by atoms with van der Waals surface area (Å²) < 4.78 is 1.82. The molecule has 0 bridgehead atoms. The number of carbonyl (C=O) groups is 2. The summed E-state index contributed by atoms with van der Waals surface area (Å²) in [6.07, 6.45) is 0.0987. The maximum Gasteiger partial charge on any atom is 0.237 e. The van der Waals surface area contributed by atoms with Crippen LogP contribution in [0.4, 0.5) is 5.69 Å². The van der Waals surface area contributed by atoms with Gasteiger partial charge >= 0.3 is 0 Å². The predicted octanol–water partition coefficient (Wildman–Crippen LogP) is 1.74. The highest BCUT2D eigenvalue weighted by Crippen LogP contribution is 2.21. The summed E-state index contributed by atoms with van der Waals surface area (Å²) >= 11 is 1.28. The number of benzene rings is 1. The molecular formula is C18H20N6O2S. The molecule has 0 saturated carbocycles. The number of aryl methyl sites for hydroxylation is 2. The van der Waals surface area contributed by atoms with E-state index in [1.165, 1.54) is 11.8 Å². The number of anilines is 1. The minimum atomic E-state index is -0.447. The van der Waals surface area contributed by atoms with Crippen LogP contribution in [0.3, 0.4) is 0 Å². The zero-order chi connectivity index (χ0) is 19.4. The van der Waals surface area contributed by atoms with E-state index in [0.717, 1.165) is 17.2 Å². The second kappa shape index (κ2) is 8.17. The van der Waals surface area contributed by atoms with Crippen LogP contribution in [-0.2, 0) is 9.59 Å². The molecule has 0 aliphatic carbocycles. The van der Waals surface area contributed by atoms with E-state index in [1.807, 2.05) is 54.6 Å². The van der Waals surface area contributed by atoms with Gasteiger partial charge in [-0.15, -0.1) is 10.2 Å². The first-order valence-electron chi connectivity index (χ1n) is 8.41. The van der Waals surface area contributed by atoms with E-state index < -0.39 is 5.91 Å². The van der Waals surface area contributed by atoms with Crippen LogP contribution in [0, 0.1) is 13.8 Å². The number of fused-ring (bicyclic) bond motifs is 1. The molecule has 3 rings (SSSR count). The molecule has 3 aromatic rings. The van der Waals surface area contributed by atoms with Crippen LogP contribution in [-0.4, -0.2) is 43.7 Å². The van der Waals surface area contributed by atoms with Crippen LogP contribution >= 0.6 is 11.8 Å². The van der Waals surface area contributed by atoms with Gasteiger partial charge in [-0.05, 0) is 26.0 Å². The smallest absolute Gasteiger partial charge is 0.237 e. The van der Waals surface area contributed by atoms with Crippen molar-refractivity contribution in [1.29, 1.82) is 0 Å². The first kappa shape index (κ1) is 18.8. The molecule has 0 radical (unpaired) electrons. The predicted molar refractivity (Wildman–Crippen MR) is 104 cm³/mol. The highest BCUT2D eigenvalue weighted by Gasteiger charge is 2.18. The Bertz CT molecular complexity index is 973. The van der Waals surface area contributed by atoms with E-state index >= 15 is 0 Å². The van der Waals surface area contributed by atoms with Crippen molar-refractivity contribution < 1.29 is 9.59 Å². The number of nitrogens with two attached hydrogens (primary N) is 1. The molecule has 0 saturated heterocycles. The first-order valence-corrected chi connectivity index (χ1v) is 9.40. The lowest BCUT2D eigenvalue weighted by Crippen LogP contribution is -2.35. The van der Waals surface area contributed by atoms with Gasteiger partial charge in [-0.25, -0.2) is 4.98 Å². The third-order valence-electron chi connectivity index (χ3n) is 3.93. The number of hydrogen-bond acceptors (Lipinski definition) is 6. The Morgan fingerprint density at radius 3 is 2.63 bits per heavy atom. The Labute approximate surface area is 160 Å². The molecular weight excluding hydrogens is 364 g/mol. The molecule has 2 N–H and O–H groups in total. The van der Waals surface area contributed by atoms with Crippen LogP contribution in [0.25, 0.3) is 5.65 Å². The molecule has 0 fully saturated rings. The van der Waals surface area contributed by atoms with Crippen molar-refractivity contribution in [3.63, 3.8) is 0 Å². The maximum atomic E-state index is 12.8. The number of hydrogen-bond donors (Lipinski definition) is 1. The summed E-state index contributed by atoms with van der Waals surface area (Å²) in [5.74, 6) is 0.333. The van der Waals surface area contributed by atoms with Gasteiger partial charge < -0.3 is 10.6 Å². The molecule has 8 nitrogen and oxygen atoms in total. The average molecular weight is 384 g/mol. The van der Waals surface area contributed by atoms with E-state index in [0.29, 0.717) is 10.8 Å². The summed E-state index contributed by atoms with van der Waals surface area (Å²) in [7, 11) is 0. The quantitative estimate of drug-likeness (QED) is 0.622. The van der Waals surface area contributed by atoms with Gasteiger partial charge in [-0.2, -0.15) is 0 Å².